The lowest BCUT2D eigenvalue weighted by atomic mass is 10.1. The molecule has 0 aliphatic rings. The van der Waals surface area contributed by atoms with Crippen LogP contribution in [0.3, 0.4) is 0 Å². The second-order valence-corrected chi connectivity index (χ2v) is 3.37. The summed E-state index contributed by atoms with van der Waals surface area (Å²) in [5.41, 5.74) is 7.60. The monoisotopic (exact) mass is 214 g/mol. The quantitative estimate of drug-likeness (QED) is 0.847. The van der Waals surface area contributed by atoms with Crippen LogP contribution in [0.25, 0.3) is 11.1 Å². The molecule has 0 amide bonds. The van der Waals surface area contributed by atoms with Crippen LogP contribution < -0.4 is 10.5 Å². The molecule has 0 saturated carbocycles. The van der Waals surface area contributed by atoms with Gasteiger partial charge >= 0.3 is 0 Å². The zero-order valence-electron chi connectivity index (χ0n) is 8.97. The molecule has 0 radical (unpaired) electrons. The van der Waals surface area contributed by atoms with Gasteiger partial charge in [-0.05, 0) is 23.8 Å². The molecular weight excluding hydrogens is 200 g/mol. The average Bonchev–Trinajstić information content (AvgIpc) is 2.38. The number of hydrogen-bond donors (Lipinski definition) is 1. The van der Waals surface area contributed by atoms with E-state index >= 15 is 0 Å². The number of aromatic nitrogens is 1. The van der Waals surface area contributed by atoms with Crippen molar-refractivity contribution >= 4 is 0 Å². The van der Waals surface area contributed by atoms with Gasteiger partial charge in [0.25, 0.3) is 0 Å². The van der Waals surface area contributed by atoms with Gasteiger partial charge in [-0.1, -0.05) is 18.2 Å². The molecule has 82 valence electrons. The Bertz CT molecular complexity index is 443. The third-order valence-electron chi connectivity index (χ3n) is 2.25. The van der Waals surface area contributed by atoms with Crippen LogP contribution in [0.4, 0.5) is 0 Å². The Morgan fingerprint density at radius 1 is 1.06 bits per heavy atom. The van der Waals surface area contributed by atoms with Crippen molar-refractivity contribution in [3.8, 4) is 16.9 Å². The van der Waals surface area contributed by atoms with Crippen LogP contribution in [0.5, 0.6) is 5.75 Å². The maximum absolute atomic E-state index is 5.60. The molecule has 1 aromatic heterocycles. The maximum atomic E-state index is 5.60. The topological polar surface area (TPSA) is 48.1 Å². The summed E-state index contributed by atoms with van der Waals surface area (Å²) in [6.45, 7) is 1.05. The molecule has 0 bridgehead atoms. The summed E-state index contributed by atoms with van der Waals surface area (Å²) in [5, 5.41) is 0. The molecule has 3 nitrogen and oxygen atoms in total. The van der Waals surface area contributed by atoms with E-state index in [1.54, 1.807) is 12.4 Å². The lowest BCUT2D eigenvalue weighted by Crippen LogP contribution is -2.10. The van der Waals surface area contributed by atoms with Gasteiger partial charge in [-0.2, -0.15) is 0 Å². The molecule has 2 N–H and O–H groups in total. The molecule has 1 aromatic carbocycles. The molecule has 16 heavy (non-hydrogen) atoms. The van der Waals surface area contributed by atoms with Gasteiger partial charge in [-0.3, -0.25) is 4.98 Å². The normalized spacial score (nSPS) is 10.1. The van der Waals surface area contributed by atoms with Gasteiger partial charge in [0.2, 0.25) is 0 Å². The molecule has 0 unspecified atom stereocenters. The van der Waals surface area contributed by atoms with Crippen LogP contribution in [-0.4, -0.2) is 18.1 Å². The van der Waals surface area contributed by atoms with Crippen molar-refractivity contribution < 1.29 is 4.74 Å². The molecule has 2 aromatic rings. The SMILES string of the molecule is NCCOc1ccccc1-c1ccncc1. The van der Waals surface area contributed by atoms with E-state index in [-0.39, 0.29) is 0 Å². The summed E-state index contributed by atoms with van der Waals surface area (Å²) in [4.78, 5) is 4.00. The highest BCUT2D eigenvalue weighted by Gasteiger charge is 2.04. The highest BCUT2D eigenvalue weighted by Crippen LogP contribution is 2.28. The summed E-state index contributed by atoms with van der Waals surface area (Å²) >= 11 is 0. The van der Waals surface area contributed by atoms with Crippen LogP contribution in [0.2, 0.25) is 0 Å². The summed E-state index contributed by atoms with van der Waals surface area (Å²) < 4.78 is 5.60. The van der Waals surface area contributed by atoms with Crippen molar-refractivity contribution in [1.82, 2.24) is 4.98 Å². The van der Waals surface area contributed by atoms with Gasteiger partial charge in [-0.25, -0.2) is 0 Å². The maximum Gasteiger partial charge on any atom is 0.127 e. The van der Waals surface area contributed by atoms with E-state index < -0.39 is 0 Å². The molecule has 0 atom stereocenters. The lowest BCUT2D eigenvalue weighted by Gasteiger charge is -2.10. The van der Waals surface area contributed by atoms with Crippen molar-refractivity contribution in [2.24, 2.45) is 5.73 Å². The van der Waals surface area contributed by atoms with Crippen molar-refractivity contribution in [3.05, 3.63) is 48.8 Å². The standard InChI is InChI=1S/C13H14N2O/c14-7-10-16-13-4-2-1-3-12(13)11-5-8-15-9-6-11/h1-6,8-9H,7,10,14H2. The average molecular weight is 214 g/mol. The zero-order valence-corrected chi connectivity index (χ0v) is 8.97. The van der Waals surface area contributed by atoms with E-state index in [0.29, 0.717) is 13.2 Å². The van der Waals surface area contributed by atoms with Crippen LogP contribution in [0.15, 0.2) is 48.8 Å². The number of nitrogens with zero attached hydrogens (tertiary/aromatic N) is 1. The van der Waals surface area contributed by atoms with Crippen molar-refractivity contribution in [2.75, 3.05) is 13.2 Å². The second kappa shape index (κ2) is 5.28. The molecule has 0 aliphatic carbocycles. The van der Waals surface area contributed by atoms with Gasteiger partial charge in [0, 0.05) is 24.5 Å². The number of rotatable bonds is 4. The largest absolute Gasteiger partial charge is 0.492 e. The van der Waals surface area contributed by atoms with Gasteiger partial charge in [-0.15, -0.1) is 0 Å². The smallest absolute Gasteiger partial charge is 0.127 e. The second-order valence-electron chi connectivity index (χ2n) is 3.37. The van der Waals surface area contributed by atoms with Crippen LogP contribution in [-0.2, 0) is 0 Å². The number of ether oxygens (including phenoxy) is 1. The number of para-hydroxylation sites is 1. The molecule has 0 spiro atoms. The molecule has 1 heterocycles. The fourth-order valence-corrected chi connectivity index (χ4v) is 1.53. The highest BCUT2D eigenvalue weighted by molar-refractivity contribution is 5.69. The first kappa shape index (κ1) is 10.6. The minimum absolute atomic E-state index is 0.519. The van der Waals surface area contributed by atoms with E-state index in [1.807, 2.05) is 36.4 Å². The third kappa shape index (κ3) is 2.38. The van der Waals surface area contributed by atoms with E-state index in [2.05, 4.69) is 4.98 Å². The Morgan fingerprint density at radius 3 is 2.56 bits per heavy atom. The van der Waals surface area contributed by atoms with Gasteiger partial charge in [0.1, 0.15) is 12.4 Å². The Labute approximate surface area is 94.9 Å². The van der Waals surface area contributed by atoms with Crippen molar-refractivity contribution in [2.45, 2.75) is 0 Å². The first-order chi connectivity index (χ1) is 7.92. The Kier molecular flexibility index (Phi) is 3.51. The molecule has 2 rings (SSSR count). The first-order valence-corrected chi connectivity index (χ1v) is 5.24. The minimum Gasteiger partial charge on any atom is -0.492 e. The third-order valence-corrected chi connectivity index (χ3v) is 2.25. The number of nitrogens with two attached hydrogens (primary N) is 1. The summed E-state index contributed by atoms with van der Waals surface area (Å²) in [7, 11) is 0. The molecule has 0 aliphatic heterocycles. The number of hydrogen-bond acceptors (Lipinski definition) is 3. The van der Waals surface area contributed by atoms with E-state index in [9.17, 15) is 0 Å². The van der Waals surface area contributed by atoms with Gasteiger partial charge < -0.3 is 10.5 Å². The number of pyridine rings is 1. The number of benzene rings is 1. The Morgan fingerprint density at radius 2 is 1.81 bits per heavy atom. The first-order valence-electron chi connectivity index (χ1n) is 5.24. The highest BCUT2D eigenvalue weighted by atomic mass is 16.5. The van der Waals surface area contributed by atoms with Crippen LogP contribution >= 0.6 is 0 Å². The predicted octanol–water partition coefficient (Wildman–Crippen LogP) is 2.09. The zero-order chi connectivity index (χ0) is 11.2. The fourth-order valence-electron chi connectivity index (χ4n) is 1.53. The fraction of sp³-hybridized carbons (Fsp3) is 0.154. The van der Waals surface area contributed by atoms with Crippen LogP contribution in [0.1, 0.15) is 0 Å². The van der Waals surface area contributed by atoms with Gasteiger partial charge in [0.15, 0.2) is 0 Å². The summed E-state index contributed by atoms with van der Waals surface area (Å²) in [6.07, 6.45) is 3.55. The lowest BCUT2D eigenvalue weighted by molar-refractivity contribution is 0.329. The summed E-state index contributed by atoms with van der Waals surface area (Å²) in [5.74, 6) is 0.860. The minimum atomic E-state index is 0.519. The van der Waals surface area contributed by atoms with Crippen molar-refractivity contribution in [3.63, 3.8) is 0 Å². The molecule has 0 fully saturated rings. The van der Waals surface area contributed by atoms with E-state index in [4.69, 9.17) is 10.5 Å². The van der Waals surface area contributed by atoms with E-state index in [1.165, 1.54) is 0 Å². The molecular formula is C13H14N2O. The predicted molar refractivity (Wildman–Crippen MR) is 64.2 cm³/mol. The van der Waals surface area contributed by atoms with Gasteiger partial charge in [0.05, 0.1) is 0 Å². The Hall–Kier alpha value is -1.87. The molecule has 0 saturated heterocycles. The van der Waals surface area contributed by atoms with E-state index in [0.717, 1.165) is 16.9 Å². The Balaban J connectivity index is 2.33. The van der Waals surface area contributed by atoms with Crippen LogP contribution in [0, 0.1) is 0 Å². The summed E-state index contributed by atoms with van der Waals surface area (Å²) in [6, 6.07) is 11.9. The molecule has 3 heteroatoms. The van der Waals surface area contributed by atoms with Crippen molar-refractivity contribution in [1.29, 1.82) is 0 Å².